The number of rotatable bonds is 15. The van der Waals surface area contributed by atoms with Gasteiger partial charge in [-0.05, 0) is 0 Å². The first-order valence-corrected chi connectivity index (χ1v) is 16.0. The molecule has 0 aromatic heterocycles. The summed E-state index contributed by atoms with van der Waals surface area (Å²) in [6.07, 6.45) is -0.405. The number of hydrogen-bond donors (Lipinski definition) is 6. The van der Waals surface area contributed by atoms with Crippen LogP contribution in [0.15, 0.2) is 36.4 Å². The third kappa shape index (κ3) is 10.5. The number of carboxylic acids is 2. The van der Waals surface area contributed by atoms with Crippen molar-refractivity contribution in [2.24, 2.45) is 5.73 Å². The number of aliphatic carboxylic acids is 2. The van der Waals surface area contributed by atoms with E-state index in [9.17, 15) is 24.0 Å². The Morgan fingerprint density at radius 2 is 1.82 bits per heavy atom. The Hall–Kier alpha value is -3.00. The normalized spacial score (nSPS) is 12.1. The SMILES string of the molecule is COc1cccc(C(=O)Nc2ccc(Cl)c(Cl)c2)c1[Se]SCC(NC(=O)CCC(N)C(=O)O)C(=O)NCC(=O)O. The summed E-state index contributed by atoms with van der Waals surface area (Å²) in [4.78, 5) is 59.9. The van der Waals surface area contributed by atoms with Gasteiger partial charge in [0.25, 0.3) is 0 Å². The van der Waals surface area contributed by atoms with Crippen LogP contribution in [-0.4, -0.2) is 85.2 Å². The summed E-state index contributed by atoms with van der Waals surface area (Å²) in [5.74, 6) is -3.87. The van der Waals surface area contributed by atoms with Crippen molar-refractivity contribution in [3.8, 4) is 5.75 Å². The maximum atomic E-state index is 13.1. The number of carbonyl (C=O) groups excluding carboxylic acids is 3. The molecule has 0 radical (unpaired) electrons. The van der Waals surface area contributed by atoms with E-state index in [0.29, 0.717) is 26.5 Å². The molecule has 0 fully saturated rings. The van der Waals surface area contributed by atoms with Gasteiger partial charge in [0.05, 0.1) is 0 Å². The van der Waals surface area contributed by atoms with Crippen molar-refractivity contribution in [2.45, 2.75) is 24.9 Å². The molecule has 0 heterocycles. The van der Waals surface area contributed by atoms with E-state index in [0.717, 1.165) is 0 Å². The van der Waals surface area contributed by atoms with Gasteiger partial charge in [-0.25, -0.2) is 0 Å². The number of nitrogens with one attached hydrogen (secondary N) is 3. The molecule has 0 aliphatic rings. The monoisotopic (exact) mass is 680 g/mol. The quantitative estimate of drug-likeness (QED) is 0.148. The first-order chi connectivity index (χ1) is 18.9. The first kappa shape index (κ1) is 33.2. The number of amides is 3. The number of ether oxygens (including phenoxy) is 1. The Balaban J connectivity index is 2.16. The summed E-state index contributed by atoms with van der Waals surface area (Å²) in [7, 11) is 2.69. The van der Waals surface area contributed by atoms with Crippen LogP contribution in [0.5, 0.6) is 5.75 Å². The topological polar surface area (TPSA) is 197 Å². The standard InChI is InChI=1S/C24H26Cl2N4O8SSe/c1-38-18-4-2-3-13(22(34)29-12-5-6-14(25)15(26)9-12)21(18)40-39-11-17(23(35)28-10-20(32)33)30-19(31)8-7-16(27)24(36)37/h2-6,9,16-17H,7-8,10-11,27H2,1H3,(H,28,35)(H,29,34)(H,30,31)(H,32,33)(H,36,37). The molecule has 216 valence electrons. The van der Waals surface area contributed by atoms with Crippen molar-refractivity contribution < 1.29 is 38.9 Å². The fraction of sp³-hybridized carbons (Fsp3) is 0.292. The van der Waals surface area contributed by atoms with Crippen molar-refractivity contribution in [1.82, 2.24) is 10.6 Å². The molecule has 0 saturated heterocycles. The molecule has 0 saturated carbocycles. The molecule has 2 atom stereocenters. The van der Waals surface area contributed by atoms with Crippen LogP contribution < -0.4 is 30.9 Å². The van der Waals surface area contributed by atoms with E-state index in [1.807, 2.05) is 0 Å². The van der Waals surface area contributed by atoms with E-state index in [1.165, 1.54) is 23.4 Å². The van der Waals surface area contributed by atoms with Gasteiger partial charge in [-0.15, -0.1) is 0 Å². The Bertz CT molecular complexity index is 1270. The molecule has 2 rings (SSSR count). The van der Waals surface area contributed by atoms with Crippen molar-refractivity contribution in [2.75, 3.05) is 24.7 Å². The van der Waals surface area contributed by atoms with Gasteiger partial charge in [0.2, 0.25) is 0 Å². The molecular weight excluding hydrogens is 654 g/mol. The fourth-order valence-corrected chi connectivity index (χ4v) is 7.81. The Morgan fingerprint density at radius 3 is 2.45 bits per heavy atom. The van der Waals surface area contributed by atoms with E-state index in [2.05, 4.69) is 16.0 Å². The number of carboxylic acid groups (broad SMARTS) is 2. The van der Waals surface area contributed by atoms with E-state index >= 15 is 0 Å². The minimum absolute atomic E-state index is 0.0219. The summed E-state index contributed by atoms with van der Waals surface area (Å²) >= 11 is 11.5. The van der Waals surface area contributed by atoms with Gasteiger partial charge in [-0.3, -0.25) is 0 Å². The molecule has 40 heavy (non-hydrogen) atoms. The van der Waals surface area contributed by atoms with Gasteiger partial charge in [0.1, 0.15) is 0 Å². The van der Waals surface area contributed by atoms with Crippen molar-refractivity contribution in [3.63, 3.8) is 0 Å². The number of nitrogens with two attached hydrogens (primary N) is 1. The van der Waals surface area contributed by atoms with Crippen LogP contribution in [0.1, 0.15) is 23.2 Å². The van der Waals surface area contributed by atoms with E-state index in [1.54, 1.807) is 30.3 Å². The van der Waals surface area contributed by atoms with Gasteiger partial charge >= 0.3 is 250 Å². The number of benzene rings is 2. The summed E-state index contributed by atoms with van der Waals surface area (Å²) in [5.41, 5.74) is 6.17. The molecule has 0 aliphatic carbocycles. The average Bonchev–Trinajstić information content (AvgIpc) is 2.91. The molecule has 0 bridgehead atoms. The van der Waals surface area contributed by atoms with Crippen molar-refractivity contribution in [3.05, 3.63) is 52.0 Å². The maximum absolute atomic E-state index is 13.1. The average molecular weight is 680 g/mol. The summed E-state index contributed by atoms with van der Waals surface area (Å²) in [6.45, 7) is -0.656. The fourth-order valence-electron chi connectivity index (χ4n) is 3.02. The number of hydrogen-bond acceptors (Lipinski definition) is 8. The van der Waals surface area contributed by atoms with Crippen LogP contribution in [-0.2, 0) is 19.2 Å². The third-order valence-electron chi connectivity index (χ3n) is 5.06. The molecule has 2 unspecified atom stereocenters. The number of methoxy groups -OCH3 is 1. The van der Waals surface area contributed by atoms with Crippen LogP contribution in [0.3, 0.4) is 0 Å². The Morgan fingerprint density at radius 1 is 1.10 bits per heavy atom. The Kier molecular flexibility index (Phi) is 13.5. The van der Waals surface area contributed by atoms with Crippen LogP contribution in [0.2, 0.25) is 10.0 Å². The predicted octanol–water partition coefficient (Wildman–Crippen LogP) is 1.11. The van der Waals surface area contributed by atoms with Crippen LogP contribution in [0.4, 0.5) is 5.69 Å². The zero-order valence-electron chi connectivity index (χ0n) is 20.9. The predicted molar refractivity (Wildman–Crippen MR) is 153 cm³/mol. The molecular formula is C24H26Cl2N4O8SSe. The van der Waals surface area contributed by atoms with E-state index in [-0.39, 0.29) is 23.6 Å². The van der Waals surface area contributed by atoms with Gasteiger partial charge in [0.15, 0.2) is 0 Å². The van der Waals surface area contributed by atoms with Gasteiger partial charge < -0.3 is 0 Å². The van der Waals surface area contributed by atoms with E-state index in [4.69, 9.17) is 43.9 Å². The van der Waals surface area contributed by atoms with Crippen LogP contribution in [0.25, 0.3) is 0 Å². The van der Waals surface area contributed by atoms with Gasteiger partial charge in [0, 0.05) is 0 Å². The van der Waals surface area contributed by atoms with Gasteiger partial charge in [-0.2, -0.15) is 0 Å². The molecule has 0 aliphatic heterocycles. The second-order valence-electron chi connectivity index (χ2n) is 8.00. The van der Waals surface area contributed by atoms with Gasteiger partial charge in [-0.1, -0.05) is 0 Å². The summed E-state index contributed by atoms with van der Waals surface area (Å²) in [6, 6.07) is 7.20. The van der Waals surface area contributed by atoms with Crippen LogP contribution in [0, 0.1) is 0 Å². The number of anilines is 1. The molecule has 2 aromatic rings. The molecule has 0 spiro atoms. The molecule has 3 amide bonds. The summed E-state index contributed by atoms with van der Waals surface area (Å²) < 4.78 is 6.01. The summed E-state index contributed by atoms with van der Waals surface area (Å²) in [5, 5.41) is 25.8. The molecule has 12 nitrogen and oxygen atoms in total. The van der Waals surface area contributed by atoms with Crippen molar-refractivity contribution >= 4 is 87.0 Å². The first-order valence-electron chi connectivity index (χ1n) is 11.4. The second kappa shape index (κ2) is 16.3. The number of carbonyl (C=O) groups is 5. The molecule has 2 aromatic carbocycles. The molecule has 7 N–H and O–H groups in total. The Labute approximate surface area is 248 Å². The third-order valence-corrected chi connectivity index (χ3v) is 10.1. The van der Waals surface area contributed by atoms with E-state index < -0.39 is 62.1 Å². The van der Waals surface area contributed by atoms with Crippen LogP contribution >= 0.6 is 33.4 Å². The zero-order valence-corrected chi connectivity index (χ0v) is 25.0. The zero-order chi connectivity index (χ0) is 29.8. The molecule has 16 heteroatoms. The van der Waals surface area contributed by atoms with Crippen molar-refractivity contribution in [1.29, 1.82) is 0 Å². The second-order valence-corrected chi connectivity index (χ2v) is 12.9. The number of halogens is 2. The minimum atomic E-state index is -1.27.